The smallest absolute Gasteiger partial charge is 0.189 e. The number of allylic oxidation sites excluding steroid dienone is 2. The highest BCUT2D eigenvalue weighted by atomic mass is 16.8. The van der Waals surface area contributed by atoms with Gasteiger partial charge in [-0.25, -0.2) is 0 Å². The molecule has 0 amide bonds. The van der Waals surface area contributed by atoms with Crippen molar-refractivity contribution in [2.24, 2.45) is 0 Å². The second-order valence-electron chi connectivity index (χ2n) is 2.15. The second kappa shape index (κ2) is 1.88. The van der Waals surface area contributed by atoms with Crippen molar-refractivity contribution in [3.8, 4) is 0 Å². The number of rotatable bonds is 0. The van der Waals surface area contributed by atoms with Gasteiger partial charge in [0.15, 0.2) is 6.79 Å². The fourth-order valence-electron chi connectivity index (χ4n) is 1.06. The number of ether oxygens (including phenoxy) is 2. The van der Waals surface area contributed by atoms with Gasteiger partial charge in [0.2, 0.25) is 0 Å². The predicted octanol–water partition coefficient (Wildman–Crippen LogP) is 1.20. The summed E-state index contributed by atoms with van der Waals surface area (Å²) in [6, 6.07) is 0. The molecule has 2 aliphatic rings. The third-order valence-electron chi connectivity index (χ3n) is 1.56. The molecule has 0 aromatic rings. The highest BCUT2D eigenvalue weighted by Crippen LogP contribution is 2.22. The largest absolute Gasteiger partial charge is 0.469 e. The van der Waals surface area contributed by atoms with Crippen LogP contribution >= 0.6 is 0 Å². The monoisotopic (exact) mass is 130 g/mol. The Morgan fingerprint density at radius 1 is 1.56 bits per heavy atom. The summed E-state index contributed by atoms with van der Waals surface area (Å²) in [7, 11) is 0. The molecule has 2 nitrogen and oxygen atoms in total. The van der Waals surface area contributed by atoms with Gasteiger partial charge >= 0.3 is 0 Å². The van der Waals surface area contributed by atoms with Crippen molar-refractivity contribution >= 4 is 0 Å². The maximum atomic E-state index is 5.22. The van der Waals surface area contributed by atoms with Crippen molar-refractivity contribution in [1.29, 1.82) is 0 Å². The van der Waals surface area contributed by atoms with Crippen LogP contribution in [0.15, 0.2) is 24.0 Å². The zero-order chi connectivity index (χ0) is 6.10. The van der Waals surface area contributed by atoms with Crippen LogP contribution in [0.2, 0.25) is 0 Å². The van der Waals surface area contributed by atoms with Crippen LogP contribution in [0.5, 0.6) is 0 Å². The van der Waals surface area contributed by atoms with Crippen LogP contribution in [0, 0.1) is 0 Å². The number of hydrogen-bond acceptors (Lipinski definition) is 2. The highest BCUT2D eigenvalue weighted by Gasteiger charge is 2.22. The molecule has 2 heteroatoms. The van der Waals surface area contributed by atoms with Gasteiger partial charge in [0.1, 0.15) is 11.9 Å². The number of fused-ring (bicyclic) bond motifs is 1. The summed E-state index contributed by atoms with van der Waals surface area (Å²) in [4.78, 5) is 0. The second-order valence-corrected chi connectivity index (χ2v) is 2.15. The lowest BCUT2D eigenvalue weighted by atomic mass is 11.1. The van der Waals surface area contributed by atoms with Crippen molar-refractivity contribution in [3.63, 3.8) is 0 Å². The lowest BCUT2D eigenvalue weighted by Gasteiger charge is -2.07. The molecule has 1 heterocycles. The molecule has 0 aromatic carbocycles. The summed E-state index contributed by atoms with van der Waals surface area (Å²) >= 11 is 0. The van der Waals surface area contributed by atoms with Gasteiger partial charge in [-0.3, -0.25) is 0 Å². The van der Waals surface area contributed by atoms with E-state index in [1.165, 1.54) is 0 Å². The Kier molecular flexibility index (Phi) is 1.06. The summed E-state index contributed by atoms with van der Waals surface area (Å²) in [5, 5.41) is 0. The van der Waals surface area contributed by atoms with E-state index in [0.29, 0.717) is 6.79 Å². The summed E-state index contributed by atoms with van der Waals surface area (Å²) in [6.07, 6.45) is 7.23. The third kappa shape index (κ3) is 0.754. The van der Waals surface area contributed by atoms with E-state index in [0.717, 1.165) is 12.2 Å². The standard InChI is InChI=1S/C7H8O2/c1-2-4-7-6(3-1)8-5-9-7/h1-3,7H,4-5H2/i1+1,2+1,3+1,4+1,6+1,7+1. The summed E-state index contributed by atoms with van der Waals surface area (Å²) < 4.78 is 10.4. The van der Waals surface area contributed by atoms with Gasteiger partial charge in [0.25, 0.3) is 0 Å². The van der Waals surface area contributed by atoms with Crippen LogP contribution in [0.25, 0.3) is 0 Å². The Hall–Kier alpha value is -0.760. The molecule has 48 valence electrons. The van der Waals surface area contributed by atoms with E-state index in [2.05, 4.69) is 6.08 Å². The normalized spacial score (nSPS) is 31.1. The summed E-state index contributed by atoms with van der Waals surface area (Å²) in [5.41, 5.74) is 0. The van der Waals surface area contributed by atoms with Gasteiger partial charge in [-0.1, -0.05) is 12.2 Å². The van der Waals surface area contributed by atoms with Crippen molar-refractivity contribution in [3.05, 3.63) is 24.0 Å². The topological polar surface area (TPSA) is 18.5 Å². The first kappa shape index (κ1) is 5.06. The molecule has 0 saturated carbocycles. The lowest BCUT2D eigenvalue weighted by Crippen LogP contribution is -2.07. The van der Waals surface area contributed by atoms with Crippen LogP contribution in [-0.2, 0) is 9.47 Å². The summed E-state index contributed by atoms with van der Waals surface area (Å²) in [5.74, 6) is 0.984. The first-order chi connectivity index (χ1) is 4.47. The molecule has 1 aliphatic carbocycles. The highest BCUT2D eigenvalue weighted by molar-refractivity contribution is 5.18. The molecule has 1 aliphatic heterocycles. The van der Waals surface area contributed by atoms with E-state index in [1.807, 2.05) is 12.2 Å². The van der Waals surface area contributed by atoms with Crippen LogP contribution < -0.4 is 0 Å². The zero-order valence-electron chi connectivity index (χ0n) is 5.04. The first-order valence-corrected chi connectivity index (χ1v) is 3.08. The Morgan fingerprint density at radius 2 is 2.56 bits per heavy atom. The van der Waals surface area contributed by atoms with Crippen molar-refractivity contribution in [2.75, 3.05) is 6.79 Å². The van der Waals surface area contributed by atoms with E-state index in [4.69, 9.17) is 9.47 Å². The van der Waals surface area contributed by atoms with E-state index in [-0.39, 0.29) is 6.10 Å². The maximum Gasteiger partial charge on any atom is 0.189 e. The van der Waals surface area contributed by atoms with Gasteiger partial charge in [0.05, 0.1) is 0 Å². The molecule has 0 spiro atoms. The van der Waals surface area contributed by atoms with Gasteiger partial charge in [0, 0.05) is 0 Å². The Bertz CT molecular complexity index is 170. The van der Waals surface area contributed by atoms with Crippen LogP contribution in [0.3, 0.4) is 0 Å². The predicted molar refractivity (Wildman–Crippen MR) is 32.7 cm³/mol. The minimum atomic E-state index is 0.218. The Morgan fingerprint density at radius 3 is 3.44 bits per heavy atom. The van der Waals surface area contributed by atoms with E-state index >= 15 is 0 Å². The zero-order valence-corrected chi connectivity index (χ0v) is 5.04. The van der Waals surface area contributed by atoms with Crippen LogP contribution in [0.1, 0.15) is 6.42 Å². The van der Waals surface area contributed by atoms with E-state index in [1.54, 1.807) is 0 Å². The SMILES string of the molecule is C1O[13C]2=[13CH][13CH]=[13CH][13CH2][13CH]2O1. The fourth-order valence-corrected chi connectivity index (χ4v) is 1.06. The van der Waals surface area contributed by atoms with E-state index < -0.39 is 0 Å². The molecule has 0 N–H and O–H groups in total. The molecule has 0 bridgehead atoms. The quantitative estimate of drug-likeness (QED) is 0.459. The molecular formula is C7H8O2. The van der Waals surface area contributed by atoms with Crippen LogP contribution in [0.4, 0.5) is 0 Å². The van der Waals surface area contributed by atoms with Gasteiger partial charge < -0.3 is 9.47 Å². The Labute approximate surface area is 53.8 Å². The lowest BCUT2D eigenvalue weighted by molar-refractivity contribution is 0.0509. The number of hydrogen-bond donors (Lipinski definition) is 0. The molecule has 1 fully saturated rings. The molecular weight excluding hydrogens is 122 g/mol. The molecule has 1 saturated heterocycles. The van der Waals surface area contributed by atoms with Gasteiger partial charge in [-0.2, -0.15) is 0 Å². The molecule has 1 atom stereocenters. The van der Waals surface area contributed by atoms with E-state index in [9.17, 15) is 0 Å². The Balaban J connectivity index is 2.23. The minimum absolute atomic E-state index is 0.218. The van der Waals surface area contributed by atoms with Gasteiger partial charge in [-0.15, -0.1) is 0 Å². The third-order valence-corrected chi connectivity index (χ3v) is 1.56. The molecule has 1 unspecified atom stereocenters. The molecule has 0 aromatic heterocycles. The average Bonchev–Trinajstić information content (AvgIpc) is 2.33. The average molecular weight is 130 g/mol. The van der Waals surface area contributed by atoms with Crippen LogP contribution in [-0.4, -0.2) is 12.9 Å². The molecule has 0 radical (unpaired) electrons. The maximum absolute atomic E-state index is 5.22. The summed E-state index contributed by atoms with van der Waals surface area (Å²) in [6.45, 7) is 0.429. The molecule has 2 rings (SSSR count). The van der Waals surface area contributed by atoms with Crippen molar-refractivity contribution in [1.82, 2.24) is 0 Å². The van der Waals surface area contributed by atoms with Crippen molar-refractivity contribution in [2.45, 2.75) is 12.5 Å². The molecule has 9 heavy (non-hydrogen) atoms. The fraction of sp³-hybridized carbons (Fsp3) is 0.429. The first-order valence-electron chi connectivity index (χ1n) is 3.08. The van der Waals surface area contributed by atoms with Crippen molar-refractivity contribution < 1.29 is 9.47 Å². The minimum Gasteiger partial charge on any atom is -0.469 e. The van der Waals surface area contributed by atoms with Gasteiger partial charge in [-0.05, 0) is 12.5 Å².